The van der Waals surface area contributed by atoms with Gasteiger partial charge in [0.05, 0.1) is 6.54 Å². The second-order valence-electron chi connectivity index (χ2n) is 5.99. The summed E-state index contributed by atoms with van der Waals surface area (Å²) in [7, 11) is 0. The molecule has 2 N–H and O–H groups in total. The van der Waals surface area contributed by atoms with Crippen LogP contribution in [-0.4, -0.2) is 41.9 Å². The molecule has 1 fully saturated rings. The number of nitrogens with zero attached hydrogens (tertiary/aromatic N) is 3. The van der Waals surface area contributed by atoms with Gasteiger partial charge in [0.15, 0.2) is 0 Å². The zero-order valence-corrected chi connectivity index (χ0v) is 14.4. The number of nitrogens with one attached hydrogen (secondary N) is 2. The topological polar surface area (TPSA) is 96.5 Å². The molecular formula is C19H17N5O3. The maximum absolute atomic E-state index is 11.6. The summed E-state index contributed by atoms with van der Waals surface area (Å²) in [5.41, 5.74) is 0.704. The Morgan fingerprint density at radius 3 is 2.81 bits per heavy atom. The highest BCUT2D eigenvalue weighted by molar-refractivity contribution is 6.00. The summed E-state index contributed by atoms with van der Waals surface area (Å²) in [6.07, 6.45) is 2.25. The van der Waals surface area contributed by atoms with Crippen molar-refractivity contribution in [3.63, 3.8) is 0 Å². The smallest absolute Gasteiger partial charge is 0.239 e. The normalized spacial score (nSPS) is 13.9. The van der Waals surface area contributed by atoms with Gasteiger partial charge in [0.1, 0.15) is 5.75 Å². The second-order valence-corrected chi connectivity index (χ2v) is 5.99. The molecule has 136 valence electrons. The number of hydrogen-bond donors (Lipinski definition) is 2. The van der Waals surface area contributed by atoms with E-state index in [-0.39, 0.29) is 12.5 Å². The monoisotopic (exact) mass is 363 g/mol. The van der Waals surface area contributed by atoms with E-state index in [0.29, 0.717) is 42.8 Å². The summed E-state index contributed by atoms with van der Waals surface area (Å²) < 4.78 is 5.99. The van der Waals surface area contributed by atoms with E-state index >= 15 is 0 Å². The first kappa shape index (κ1) is 16.8. The van der Waals surface area contributed by atoms with Crippen molar-refractivity contribution in [1.29, 1.82) is 0 Å². The lowest BCUT2D eigenvalue weighted by Gasteiger charge is -2.26. The fraction of sp³-hybridized carbons (Fsp3) is 0.158. The number of ether oxygens (including phenoxy) is 1. The van der Waals surface area contributed by atoms with E-state index in [1.165, 1.54) is 0 Å². The first-order valence-corrected chi connectivity index (χ1v) is 8.49. The fourth-order valence-corrected chi connectivity index (χ4v) is 3.01. The van der Waals surface area contributed by atoms with Crippen molar-refractivity contribution in [2.75, 3.05) is 29.9 Å². The van der Waals surface area contributed by atoms with Crippen LogP contribution >= 0.6 is 0 Å². The van der Waals surface area contributed by atoms with Gasteiger partial charge in [0.2, 0.25) is 24.1 Å². The Morgan fingerprint density at radius 1 is 1.15 bits per heavy atom. The molecule has 2 aromatic carbocycles. The lowest BCUT2D eigenvalue weighted by atomic mass is 10.1. The Balaban J connectivity index is 1.65. The predicted molar refractivity (Wildman–Crippen MR) is 101 cm³/mol. The van der Waals surface area contributed by atoms with Crippen LogP contribution in [0.2, 0.25) is 0 Å². The summed E-state index contributed by atoms with van der Waals surface area (Å²) >= 11 is 0. The molecule has 0 atom stereocenters. The summed E-state index contributed by atoms with van der Waals surface area (Å²) in [5.74, 6) is 1.39. The average molecular weight is 363 g/mol. The number of fused-ring (bicyclic) bond motifs is 1. The van der Waals surface area contributed by atoms with Gasteiger partial charge in [-0.3, -0.25) is 9.59 Å². The molecule has 1 aliphatic rings. The van der Waals surface area contributed by atoms with Gasteiger partial charge in [0, 0.05) is 41.8 Å². The minimum Gasteiger partial charge on any atom is -0.438 e. The molecule has 2 heterocycles. The summed E-state index contributed by atoms with van der Waals surface area (Å²) in [6.45, 7) is 1.42. The number of aromatic nitrogens is 2. The van der Waals surface area contributed by atoms with Crippen LogP contribution in [0.5, 0.6) is 11.6 Å². The minimum atomic E-state index is -0.0552. The van der Waals surface area contributed by atoms with Crippen molar-refractivity contribution in [2.24, 2.45) is 0 Å². The van der Waals surface area contributed by atoms with Gasteiger partial charge in [0.25, 0.3) is 0 Å². The van der Waals surface area contributed by atoms with Gasteiger partial charge in [-0.15, -0.1) is 0 Å². The first-order valence-electron chi connectivity index (χ1n) is 8.49. The Morgan fingerprint density at radius 2 is 2.00 bits per heavy atom. The van der Waals surface area contributed by atoms with Gasteiger partial charge >= 0.3 is 0 Å². The van der Waals surface area contributed by atoms with Crippen molar-refractivity contribution >= 4 is 34.7 Å². The van der Waals surface area contributed by atoms with Gasteiger partial charge in [-0.2, -0.15) is 4.98 Å². The quantitative estimate of drug-likeness (QED) is 0.673. The molecule has 0 saturated carbocycles. The van der Waals surface area contributed by atoms with E-state index in [4.69, 9.17) is 4.74 Å². The molecule has 1 saturated heterocycles. The molecule has 4 rings (SSSR count). The average Bonchev–Trinajstić information content (AvgIpc) is 2.70. The molecule has 3 aromatic rings. The molecule has 0 radical (unpaired) electrons. The predicted octanol–water partition coefficient (Wildman–Crippen LogP) is 1.93. The highest BCUT2D eigenvalue weighted by atomic mass is 16.5. The molecule has 8 nitrogen and oxygen atoms in total. The zero-order valence-electron chi connectivity index (χ0n) is 14.4. The van der Waals surface area contributed by atoms with Gasteiger partial charge in [-0.1, -0.05) is 24.3 Å². The minimum absolute atomic E-state index is 0.0552. The van der Waals surface area contributed by atoms with Crippen molar-refractivity contribution < 1.29 is 14.3 Å². The molecule has 0 spiro atoms. The van der Waals surface area contributed by atoms with Crippen molar-refractivity contribution in [3.8, 4) is 11.6 Å². The van der Waals surface area contributed by atoms with Gasteiger partial charge in [-0.05, 0) is 12.1 Å². The van der Waals surface area contributed by atoms with Crippen LogP contribution in [0, 0.1) is 0 Å². The van der Waals surface area contributed by atoms with Gasteiger partial charge < -0.3 is 20.3 Å². The number of carbonyl (C=O) groups is 2. The lowest BCUT2D eigenvalue weighted by Crippen LogP contribution is -2.48. The van der Waals surface area contributed by atoms with E-state index in [0.717, 1.165) is 10.8 Å². The van der Waals surface area contributed by atoms with Crippen LogP contribution in [0.15, 0.2) is 48.7 Å². The standard InChI is InChI=1S/C19H17N5O3/c25-12-22-15-5-6-16(14-4-2-1-3-13(14)15)27-18-7-8-21-19(23-18)24-10-9-20-17(26)11-24/h1-8,12H,9-11H2,(H,20,26)(H,22,25). The highest BCUT2D eigenvalue weighted by Gasteiger charge is 2.19. The van der Waals surface area contributed by atoms with Gasteiger partial charge in [-0.25, -0.2) is 4.98 Å². The third-order valence-corrected chi connectivity index (χ3v) is 4.25. The first-order chi connectivity index (χ1) is 13.2. The van der Waals surface area contributed by atoms with E-state index in [1.807, 2.05) is 24.3 Å². The molecule has 27 heavy (non-hydrogen) atoms. The molecule has 1 aliphatic heterocycles. The van der Waals surface area contributed by atoms with Crippen molar-refractivity contribution in [1.82, 2.24) is 15.3 Å². The number of carbonyl (C=O) groups excluding carboxylic acids is 2. The number of rotatable bonds is 5. The number of anilines is 2. The van der Waals surface area contributed by atoms with Crippen LogP contribution in [-0.2, 0) is 9.59 Å². The molecule has 0 bridgehead atoms. The molecular weight excluding hydrogens is 346 g/mol. The maximum Gasteiger partial charge on any atom is 0.239 e. The van der Waals surface area contributed by atoms with Crippen LogP contribution in [0.4, 0.5) is 11.6 Å². The maximum atomic E-state index is 11.6. The van der Waals surface area contributed by atoms with Crippen LogP contribution in [0.3, 0.4) is 0 Å². The Bertz CT molecular complexity index is 1010. The third-order valence-electron chi connectivity index (χ3n) is 4.25. The van der Waals surface area contributed by atoms with E-state index in [2.05, 4.69) is 20.6 Å². The number of amides is 2. The van der Waals surface area contributed by atoms with Crippen molar-refractivity contribution in [2.45, 2.75) is 0 Å². The third kappa shape index (κ3) is 3.50. The van der Waals surface area contributed by atoms with Crippen LogP contribution in [0.1, 0.15) is 0 Å². The molecule has 8 heteroatoms. The number of hydrogen-bond acceptors (Lipinski definition) is 6. The molecule has 1 aromatic heterocycles. The lowest BCUT2D eigenvalue weighted by molar-refractivity contribution is -0.120. The molecule has 0 aliphatic carbocycles. The number of piperazine rings is 1. The summed E-state index contributed by atoms with van der Waals surface area (Å²) in [5, 5.41) is 7.18. The largest absolute Gasteiger partial charge is 0.438 e. The summed E-state index contributed by atoms with van der Waals surface area (Å²) in [4.78, 5) is 32.9. The number of benzene rings is 2. The second kappa shape index (κ2) is 7.28. The Hall–Kier alpha value is -3.68. The summed E-state index contributed by atoms with van der Waals surface area (Å²) in [6, 6.07) is 12.8. The van der Waals surface area contributed by atoms with E-state index < -0.39 is 0 Å². The van der Waals surface area contributed by atoms with Crippen LogP contribution in [0.25, 0.3) is 10.8 Å². The zero-order chi connectivity index (χ0) is 18.6. The van der Waals surface area contributed by atoms with E-state index in [9.17, 15) is 9.59 Å². The molecule has 0 unspecified atom stereocenters. The fourth-order valence-electron chi connectivity index (χ4n) is 3.01. The van der Waals surface area contributed by atoms with Crippen LogP contribution < -0.4 is 20.3 Å². The Kier molecular flexibility index (Phi) is 4.52. The Labute approximate surface area is 155 Å². The van der Waals surface area contributed by atoms with Crippen molar-refractivity contribution in [3.05, 3.63) is 48.7 Å². The molecule has 2 amide bonds. The van der Waals surface area contributed by atoms with E-state index in [1.54, 1.807) is 29.3 Å². The SMILES string of the molecule is O=CNc1ccc(Oc2ccnc(N3CCNC(=O)C3)n2)c2ccccc12. The highest BCUT2D eigenvalue weighted by Crippen LogP contribution is 2.33.